The fourth-order valence-electron chi connectivity index (χ4n) is 11.5. The Hall–Kier alpha value is -2.16. The van der Waals surface area contributed by atoms with E-state index in [1.807, 2.05) is 13.8 Å². The van der Waals surface area contributed by atoms with Crippen LogP contribution < -0.4 is 0 Å². The van der Waals surface area contributed by atoms with E-state index in [4.69, 9.17) is 23.7 Å². The first-order valence-corrected chi connectivity index (χ1v) is 18.4. The summed E-state index contributed by atoms with van der Waals surface area (Å²) in [7, 11) is 1.79. The lowest BCUT2D eigenvalue weighted by molar-refractivity contribution is -0.229. The number of ether oxygens (including phenoxy) is 5. The predicted molar refractivity (Wildman–Crippen MR) is 166 cm³/mol. The van der Waals surface area contributed by atoms with Crippen LogP contribution >= 0.6 is 0 Å². The fourth-order valence-corrected chi connectivity index (χ4v) is 11.5. The highest BCUT2D eigenvalue weighted by Gasteiger charge is 2.64. The molecule has 0 radical (unpaired) electrons. The Kier molecular flexibility index (Phi) is 8.50. The van der Waals surface area contributed by atoms with E-state index in [0.29, 0.717) is 18.3 Å². The van der Waals surface area contributed by atoms with E-state index in [1.165, 1.54) is 6.42 Å². The molecule has 7 aliphatic carbocycles. The van der Waals surface area contributed by atoms with Gasteiger partial charge in [0.25, 0.3) is 0 Å². The normalized spacial score (nSPS) is 41.2. The van der Waals surface area contributed by atoms with Crippen molar-refractivity contribution in [2.24, 2.45) is 47.3 Å². The monoisotopic (exact) mass is 642 g/mol. The third kappa shape index (κ3) is 5.68. The van der Waals surface area contributed by atoms with Gasteiger partial charge in [0.1, 0.15) is 23.4 Å². The van der Waals surface area contributed by atoms with Crippen molar-refractivity contribution in [2.75, 3.05) is 7.11 Å². The van der Waals surface area contributed by atoms with Crippen molar-refractivity contribution in [3.05, 3.63) is 0 Å². The molecule has 9 nitrogen and oxygen atoms in total. The molecular weight excluding hydrogens is 588 g/mol. The molecular formula is C37H54O9. The maximum Gasteiger partial charge on any atom is 0.309 e. The van der Waals surface area contributed by atoms with Crippen LogP contribution in [0.1, 0.15) is 124 Å². The van der Waals surface area contributed by atoms with Crippen molar-refractivity contribution in [3.63, 3.8) is 0 Å². The molecule has 46 heavy (non-hydrogen) atoms. The quantitative estimate of drug-likeness (QED) is 0.174. The third-order valence-corrected chi connectivity index (χ3v) is 13.6. The molecule has 0 amide bonds. The first kappa shape index (κ1) is 32.4. The van der Waals surface area contributed by atoms with Crippen LogP contribution in [-0.2, 0) is 42.9 Å². The van der Waals surface area contributed by atoms with Crippen LogP contribution in [0.5, 0.6) is 0 Å². The second kappa shape index (κ2) is 12.1. The summed E-state index contributed by atoms with van der Waals surface area (Å²) >= 11 is 0. The van der Waals surface area contributed by atoms with Gasteiger partial charge in [0.05, 0.1) is 29.3 Å². The van der Waals surface area contributed by atoms with Crippen LogP contribution in [0.4, 0.5) is 0 Å². The van der Waals surface area contributed by atoms with Crippen LogP contribution in [-0.4, -0.2) is 60.0 Å². The molecule has 1 aliphatic heterocycles. The van der Waals surface area contributed by atoms with Gasteiger partial charge >= 0.3 is 23.9 Å². The molecule has 10 unspecified atom stereocenters. The standard InChI is InChI=1S/C37H54O9/c1-5-24(32(39)43-29-25-14-27-28(15-25)34(41)44-30(27)29)13-26(33(40)46-35(6-2)9-7-8-10-35)11-21(3)31(38)45-37-18-22-12-23(19-37)17-36(16-22,20-37)42-4/h21-30H,5-20H2,1-4H3. The molecule has 0 aromatic carbocycles. The lowest BCUT2D eigenvalue weighted by atomic mass is 9.52. The summed E-state index contributed by atoms with van der Waals surface area (Å²) in [6.07, 6.45) is 12.1. The Labute approximate surface area is 273 Å². The first-order valence-electron chi connectivity index (χ1n) is 18.4. The Morgan fingerprint density at radius 3 is 2.22 bits per heavy atom. The van der Waals surface area contributed by atoms with Gasteiger partial charge in [0.15, 0.2) is 0 Å². The molecule has 1 saturated heterocycles. The zero-order valence-electron chi connectivity index (χ0n) is 28.3. The molecule has 8 fully saturated rings. The van der Waals surface area contributed by atoms with Gasteiger partial charge in [0.2, 0.25) is 0 Å². The fraction of sp³-hybridized carbons (Fsp3) is 0.892. The minimum atomic E-state index is -0.639. The molecule has 7 saturated carbocycles. The maximum absolute atomic E-state index is 14.0. The lowest BCUT2D eigenvalue weighted by Gasteiger charge is -2.60. The van der Waals surface area contributed by atoms with Gasteiger partial charge in [-0.3, -0.25) is 19.2 Å². The minimum Gasteiger partial charge on any atom is -0.459 e. The average molecular weight is 643 g/mol. The topological polar surface area (TPSA) is 114 Å². The molecule has 8 aliphatic rings. The van der Waals surface area contributed by atoms with Gasteiger partial charge in [-0.15, -0.1) is 0 Å². The molecule has 8 rings (SSSR count). The molecule has 6 bridgehead atoms. The summed E-state index contributed by atoms with van der Waals surface area (Å²) in [5.74, 6) is -1.51. The Bertz CT molecular complexity index is 1210. The smallest absolute Gasteiger partial charge is 0.309 e. The molecule has 0 aromatic heterocycles. The minimum absolute atomic E-state index is 0.0488. The number of carbonyl (C=O) groups excluding carboxylic acids is 4. The van der Waals surface area contributed by atoms with Crippen LogP contribution in [0.25, 0.3) is 0 Å². The van der Waals surface area contributed by atoms with E-state index >= 15 is 0 Å². The number of carbonyl (C=O) groups is 4. The van der Waals surface area contributed by atoms with Crippen molar-refractivity contribution in [2.45, 2.75) is 153 Å². The second-order valence-electron chi connectivity index (χ2n) is 16.6. The van der Waals surface area contributed by atoms with E-state index in [-0.39, 0.29) is 66.2 Å². The Morgan fingerprint density at radius 2 is 1.57 bits per heavy atom. The van der Waals surface area contributed by atoms with Crippen molar-refractivity contribution in [1.82, 2.24) is 0 Å². The molecule has 1 heterocycles. The van der Waals surface area contributed by atoms with E-state index in [0.717, 1.165) is 77.0 Å². The summed E-state index contributed by atoms with van der Waals surface area (Å²) in [6.45, 7) is 5.84. The highest BCUT2D eigenvalue weighted by atomic mass is 16.6. The van der Waals surface area contributed by atoms with Gasteiger partial charge < -0.3 is 23.7 Å². The van der Waals surface area contributed by atoms with Gasteiger partial charge in [-0.1, -0.05) is 20.8 Å². The molecule has 0 N–H and O–H groups in total. The van der Waals surface area contributed by atoms with Crippen LogP contribution in [0.2, 0.25) is 0 Å². The zero-order chi connectivity index (χ0) is 32.4. The highest BCUT2D eigenvalue weighted by molar-refractivity contribution is 5.79. The number of rotatable bonds is 13. The lowest BCUT2D eigenvalue weighted by Crippen LogP contribution is -2.61. The molecule has 9 heteroatoms. The Balaban J connectivity index is 1.04. The molecule has 10 atom stereocenters. The summed E-state index contributed by atoms with van der Waals surface area (Å²) in [5, 5.41) is 0. The maximum atomic E-state index is 14.0. The number of hydrogen-bond acceptors (Lipinski definition) is 9. The molecule has 0 spiro atoms. The summed E-state index contributed by atoms with van der Waals surface area (Å²) in [5.41, 5.74) is -1.15. The summed E-state index contributed by atoms with van der Waals surface area (Å²) in [4.78, 5) is 53.7. The van der Waals surface area contributed by atoms with E-state index in [1.54, 1.807) is 7.11 Å². The first-order chi connectivity index (χ1) is 22.0. The van der Waals surface area contributed by atoms with Crippen LogP contribution in [0, 0.1) is 47.3 Å². The van der Waals surface area contributed by atoms with Crippen molar-refractivity contribution in [3.8, 4) is 0 Å². The predicted octanol–water partition coefficient (Wildman–Crippen LogP) is 6.09. The second-order valence-corrected chi connectivity index (χ2v) is 16.6. The van der Waals surface area contributed by atoms with Gasteiger partial charge in [0, 0.05) is 25.4 Å². The Morgan fingerprint density at radius 1 is 0.870 bits per heavy atom. The van der Waals surface area contributed by atoms with Crippen LogP contribution in [0.3, 0.4) is 0 Å². The van der Waals surface area contributed by atoms with Crippen LogP contribution in [0.15, 0.2) is 0 Å². The number of hydrogen-bond donors (Lipinski definition) is 0. The summed E-state index contributed by atoms with van der Waals surface area (Å²) in [6, 6.07) is 0. The average Bonchev–Trinajstić information content (AvgIpc) is 3.78. The summed E-state index contributed by atoms with van der Waals surface area (Å²) < 4.78 is 30.5. The van der Waals surface area contributed by atoms with Crippen molar-refractivity contribution >= 4 is 23.9 Å². The molecule has 0 aromatic rings. The highest BCUT2D eigenvalue weighted by Crippen LogP contribution is 2.60. The number of esters is 4. The number of fused-ring (bicyclic) bond motifs is 1. The zero-order valence-corrected chi connectivity index (χ0v) is 28.3. The van der Waals surface area contributed by atoms with E-state index in [9.17, 15) is 19.2 Å². The van der Waals surface area contributed by atoms with Gasteiger partial charge in [-0.2, -0.15) is 0 Å². The van der Waals surface area contributed by atoms with Gasteiger partial charge in [-0.05, 0) is 108 Å². The third-order valence-electron chi connectivity index (χ3n) is 13.6. The SMILES string of the molecule is CCC(CC(CC(C)C(=O)OC12CC3CC(CC(OC)(C3)C1)C2)C(=O)OC1(CC)CCCC1)C(=O)OC1C2CC3C(=O)OC1C3C2. The molecule has 256 valence electrons. The van der Waals surface area contributed by atoms with Gasteiger partial charge in [-0.25, -0.2) is 0 Å². The van der Waals surface area contributed by atoms with E-state index in [2.05, 4.69) is 6.92 Å². The van der Waals surface area contributed by atoms with Crippen molar-refractivity contribution < 1.29 is 42.9 Å². The van der Waals surface area contributed by atoms with E-state index < -0.39 is 35.1 Å². The van der Waals surface area contributed by atoms with Crippen molar-refractivity contribution in [1.29, 1.82) is 0 Å². The largest absolute Gasteiger partial charge is 0.459 e. The number of methoxy groups -OCH3 is 1.